The third-order valence-corrected chi connectivity index (χ3v) is 4.89. The highest BCUT2D eigenvalue weighted by molar-refractivity contribution is 5.96. The number of anilines is 1. The fraction of sp³-hybridized carbons (Fsp3) is 0.444. The van der Waals surface area contributed by atoms with Crippen molar-refractivity contribution in [3.05, 3.63) is 42.0 Å². The van der Waals surface area contributed by atoms with Gasteiger partial charge in [-0.25, -0.2) is 0 Å². The van der Waals surface area contributed by atoms with Crippen molar-refractivity contribution in [3.8, 4) is 0 Å². The number of carboxylic acid groups (broad SMARTS) is 1. The number of carboxylic acids is 1. The Labute approximate surface area is 130 Å². The second-order valence-corrected chi connectivity index (χ2v) is 6.60. The van der Waals surface area contributed by atoms with E-state index in [-0.39, 0.29) is 17.7 Å². The van der Waals surface area contributed by atoms with Gasteiger partial charge in [-0.15, -0.1) is 0 Å². The molecule has 4 heteroatoms. The molecule has 22 heavy (non-hydrogen) atoms. The minimum atomic E-state index is -0.868. The normalized spacial score (nSPS) is 29.0. The van der Waals surface area contributed by atoms with Crippen molar-refractivity contribution in [2.24, 2.45) is 23.7 Å². The molecule has 0 radical (unpaired) electrons. The van der Waals surface area contributed by atoms with Crippen LogP contribution in [0.25, 0.3) is 0 Å². The second-order valence-electron chi connectivity index (χ2n) is 6.60. The van der Waals surface area contributed by atoms with Gasteiger partial charge < -0.3 is 10.4 Å². The maximum atomic E-state index is 12.5. The van der Waals surface area contributed by atoms with Crippen LogP contribution in [0.3, 0.4) is 0 Å². The first kappa shape index (κ1) is 14.8. The number of amides is 1. The molecule has 2 N–H and O–H groups in total. The molecule has 1 saturated carbocycles. The number of nitrogens with one attached hydrogen (secondary N) is 1. The van der Waals surface area contributed by atoms with Crippen LogP contribution in [0.4, 0.5) is 5.69 Å². The number of allylic oxidation sites excluding steroid dienone is 2. The van der Waals surface area contributed by atoms with Crippen LogP contribution in [0.15, 0.2) is 36.4 Å². The predicted molar refractivity (Wildman–Crippen MR) is 84.5 cm³/mol. The Balaban J connectivity index is 1.74. The number of rotatable bonds is 4. The fourth-order valence-corrected chi connectivity index (χ4v) is 3.69. The van der Waals surface area contributed by atoms with E-state index in [0.717, 1.165) is 12.1 Å². The molecule has 0 saturated heterocycles. The van der Waals surface area contributed by atoms with Crippen LogP contribution in [0.1, 0.15) is 31.7 Å². The zero-order valence-corrected chi connectivity index (χ0v) is 12.8. The molecule has 2 aliphatic rings. The lowest BCUT2D eigenvalue weighted by Crippen LogP contribution is -2.36. The Bertz CT molecular complexity index is 618. The van der Waals surface area contributed by atoms with Crippen LogP contribution in [-0.4, -0.2) is 17.0 Å². The van der Waals surface area contributed by atoms with Gasteiger partial charge in [-0.1, -0.05) is 38.1 Å². The van der Waals surface area contributed by atoms with Crippen molar-refractivity contribution in [2.45, 2.75) is 26.2 Å². The van der Waals surface area contributed by atoms with Gasteiger partial charge in [-0.2, -0.15) is 0 Å². The van der Waals surface area contributed by atoms with E-state index in [1.165, 1.54) is 5.56 Å². The van der Waals surface area contributed by atoms with Gasteiger partial charge in [0.1, 0.15) is 0 Å². The zero-order chi connectivity index (χ0) is 15.9. The van der Waals surface area contributed by atoms with Crippen molar-refractivity contribution >= 4 is 17.6 Å². The van der Waals surface area contributed by atoms with E-state index in [1.54, 1.807) is 0 Å². The SMILES string of the molecule is CC(C)c1ccc(NC(=O)C2C3C=CC(C3)C2C(=O)O)cc1. The molecule has 4 nitrogen and oxygen atoms in total. The molecule has 2 aliphatic carbocycles. The molecule has 1 aromatic carbocycles. The van der Waals surface area contributed by atoms with E-state index in [2.05, 4.69) is 19.2 Å². The number of benzene rings is 1. The highest BCUT2D eigenvalue weighted by atomic mass is 16.4. The summed E-state index contributed by atoms with van der Waals surface area (Å²) in [6.45, 7) is 4.24. The lowest BCUT2D eigenvalue weighted by Gasteiger charge is -2.23. The monoisotopic (exact) mass is 299 g/mol. The Morgan fingerprint density at radius 1 is 1.09 bits per heavy atom. The van der Waals surface area contributed by atoms with E-state index in [0.29, 0.717) is 5.92 Å². The molecular formula is C18H21NO3. The van der Waals surface area contributed by atoms with Crippen LogP contribution < -0.4 is 5.32 Å². The summed E-state index contributed by atoms with van der Waals surface area (Å²) >= 11 is 0. The standard InChI is InChI=1S/C18H21NO3/c1-10(2)11-5-7-14(8-6-11)19-17(20)15-12-3-4-13(9-12)16(15)18(21)22/h3-8,10,12-13,15-16H,9H2,1-2H3,(H,19,20)(H,21,22). The van der Waals surface area contributed by atoms with Crippen LogP contribution in [-0.2, 0) is 9.59 Å². The maximum Gasteiger partial charge on any atom is 0.307 e. The van der Waals surface area contributed by atoms with Crippen LogP contribution in [0.5, 0.6) is 0 Å². The molecule has 2 bridgehead atoms. The van der Waals surface area contributed by atoms with Crippen molar-refractivity contribution in [3.63, 3.8) is 0 Å². The summed E-state index contributed by atoms with van der Waals surface area (Å²) in [5, 5.41) is 12.3. The third-order valence-electron chi connectivity index (χ3n) is 4.89. The molecule has 1 aromatic rings. The number of aliphatic carboxylic acids is 1. The predicted octanol–water partition coefficient (Wildman–Crippen LogP) is 3.27. The molecule has 4 atom stereocenters. The Morgan fingerprint density at radius 2 is 1.68 bits per heavy atom. The summed E-state index contributed by atoms with van der Waals surface area (Å²) in [7, 11) is 0. The molecule has 0 aromatic heterocycles. The smallest absolute Gasteiger partial charge is 0.307 e. The highest BCUT2D eigenvalue weighted by Crippen LogP contribution is 2.48. The summed E-state index contributed by atoms with van der Waals surface area (Å²) < 4.78 is 0. The number of hydrogen-bond donors (Lipinski definition) is 2. The number of carbonyl (C=O) groups excluding carboxylic acids is 1. The molecule has 4 unspecified atom stereocenters. The minimum absolute atomic E-state index is 0.00145. The molecule has 0 heterocycles. The van der Waals surface area contributed by atoms with Crippen molar-refractivity contribution in [2.75, 3.05) is 5.32 Å². The topological polar surface area (TPSA) is 66.4 Å². The summed E-state index contributed by atoms with van der Waals surface area (Å²) in [5.74, 6) is -1.60. The molecule has 3 rings (SSSR count). The van der Waals surface area contributed by atoms with Gasteiger partial charge in [-0.05, 0) is 41.9 Å². The molecule has 0 spiro atoms. The van der Waals surface area contributed by atoms with E-state index in [9.17, 15) is 14.7 Å². The van der Waals surface area contributed by atoms with Gasteiger partial charge in [0.25, 0.3) is 0 Å². The highest BCUT2D eigenvalue weighted by Gasteiger charge is 2.51. The van der Waals surface area contributed by atoms with Gasteiger partial charge in [0, 0.05) is 5.69 Å². The number of carbonyl (C=O) groups is 2. The quantitative estimate of drug-likeness (QED) is 0.839. The van der Waals surface area contributed by atoms with E-state index >= 15 is 0 Å². The Kier molecular flexibility index (Phi) is 3.77. The first-order valence-electron chi connectivity index (χ1n) is 7.79. The van der Waals surface area contributed by atoms with Gasteiger partial charge >= 0.3 is 5.97 Å². The van der Waals surface area contributed by atoms with Gasteiger partial charge in [0.15, 0.2) is 0 Å². The minimum Gasteiger partial charge on any atom is -0.481 e. The second kappa shape index (κ2) is 5.59. The summed E-state index contributed by atoms with van der Waals surface area (Å²) in [4.78, 5) is 24.0. The zero-order valence-electron chi connectivity index (χ0n) is 12.8. The molecule has 116 valence electrons. The van der Waals surface area contributed by atoms with Crippen LogP contribution in [0, 0.1) is 23.7 Å². The van der Waals surface area contributed by atoms with Crippen LogP contribution in [0.2, 0.25) is 0 Å². The lowest BCUT2D eigenvalue weighted by molar-refractivity contribution is -0.146. The first-order valence-corrected chi connectivity index (χ1v) is 7.79. The molecular weight excluding hydrogens is 278 g/mol. The van der Waals surface area contributed by atoms with Crippen molar-refractivity contribution in [1.29, 1.82) is 0 Å². The maximum absolute atomic E-state index is 12.5. The number of fused-ring (bicyclic) bond motifs is 2. The summed E-state index contributed by atoms with van der Waals surface area (Å²) in [6.07, 6.45) is 4.72. The fourth-order valence-electron chi connectivity index (χ4n) is 3.69. The van der Waals surface area contributed by atoms with Crippen molar-refractivity contribution < 1.29 is 14.7 Å². The van der Waals surface area contributed by atoms with Gasteiger partial charge in [-0.3, -0.25) is 9.59 Å². The molecule has 0 aliphatic heterocycles. The molecule has 1 fully saturated rings. The Hall–Kier alpha value is -2.10. The van der Waals surface area contributed by atoms with Gasteiger partial charge in [0.05, 0.1) is 11.8 Å². The van der Waals surface area contributed by atoms with Crippen LogP contribution >= 0.6 is 0 Å². The number of hydrogen-bond acceptors (Lipinski definition) is 2. The average molecular weight is 299 g/mol. The largest absolute Gasteiger partial charge is 0.481 e. The van der Waals surface area contributed by atoms with Crippen molar-refractivity contribution in [1.82, 2.24) is 0 Å². The first-order chi connectivity index (χ1) is 10.5. The van der Waals surface area contributed by atoms with E-state index in [1.807, 2.05) is 36.4 Å². The Morgan fingerprint density at radius 3 is 2.23 bits per heavy atom. The average Bonchev–Trinajstić information content (AvgIpc) is 3.08. The molecule has 1 amide bonds. The van der Waals surface area contributed by atoms with E-state index in [4.69, 9.17) is 0 Å². The summed E-state index contributed by atoms with van der Waals surface area (Å²) in [5.41, 5.74) is 1.94. The summed E-state index contributed by atoms with van der Waals surface area (Å²) in [6, 6.07) is 7.75. The third kappa shape index (κ3) is 2.54. The lowest BCUT2D eigenvalue weighted by atomic mass is 9.82. The van der Waals surface area contributed by atoms with E-state index < -0.39 is 17.8 Å². The van der Waals surface area contributed by atoms with Gasteiger partial charge in [0.2, 0.25) is 5.91 Å².